The van der Waals surface area contributed by atoms with Crippen molar-refractivity contribution < 1.29 is 25.5 Å². The lowest BCUT2D eigenvalue weighted by Gasteiger charge is -2.33. The van der Waals surface area contributed by atoms with Crippen LogP contribution in [-0.2, 0) is 16.8 Å². The standard InChI is InChI=1S/C23H24Cl2FNO2S/c1-14(24)21(30-20-7-5-17(26)13-18(20)25)22(28)27-23(9-2-3-10-23)16-4-6-19-15(12-16)8-11-29-19/h4-7,12-14,21,25H,2-3,8-11H2,1H3/p+1. The molecule has 2 atom stereocenters. The summed E-state index contributed by atoms with van der Waals surface area (Å²) in [7, 11) is 0. The minimum atomic E-state index is -0.533. The van der Waals surface area contributed by atoms with Crippen LogP contribution in [0.4, 0.5) is 4.39 Å². The Labute approximate surface area is 190 Å². The van der Waals surface area contributed by atoms with Gasteiger partial charge < -0.3 is 10.1 Å². The minimum Gasteiger partial charge on any atom is -0.493 e. The highest BCUT2D eigenvalue weighted by Gasteiger charge is 2.40. The van der Waals surface area contributed by atoms with Gasteiger partial charge in [0.25, 0.3) is 0 Å². The molecule has 2 aromatic carbocycles. The highest BCUT2D eigenvalue weighted by molar-refractivity contribution is 8.00. The smallest absolute Gasteiger partial charge is 0.242 e. The predicted octanol–water partition coefficient (Wildman–Crippen LogP) is 5.13. The average molecular weight is 469 g/mol. The Morgan fingerprint density at radius 3 is 2.73 bits per heavy atom. The van der Waals surface area contributed by atoms with Gasteiger partial charge in [0.2, 0.25) is 10.9 Å². The normalized spacial score (nSPS) is 19.1. The fraction of sp³-hybridized carbons (Fsp3) is 0.435. The number of hydrogen-bond acceptors (Lipinski definition) is 3. The van der Waals surface area contributed by atoms with E-state index in [0.717, 1.165) is 43.4 Å². The largest absolute Gasteiger partial charge is 0.493 e. The number of rotatable bonds is 6. The van der Waals surface area contributed by atoms with Crippen LogP contribution in [0.2, 0.25) is 5.02 Å². The third-order valence-corrected chi connectivity index (χ3v) is 8.25. The molecule has 0 aromatic heterocycles. The van der Waals surface area contributed by atoms with Crippen LogP contribution in [0.25, 0.3) is 0 Å². The second kappa shape index (κ2) is 8.97. The quantitative estimate of drug-likeness (QED) is 0.471. The van der Waals surface area contributed by atoms with Crippen molar-refractivity contribution in [2.45, 2.75) is 60.1 Å². The van der Waals surface area contributed by atoms with Crippen molar-refractivity contribution in [3.05, 3.63) is 58.4 Å². The summed E-state index contributed by atoms with van der Waals surface area (Å²) in [5.41, 5.74) is 1.94. The predicted molar refractivity (Wildman–Crippen MR) is 116 cm³/mol. The van der Waals surface area contributed by atoms with Gasteiger partial charge in [0.1, 0.15) is 16.8 Å². The molecule has 4 rings (SSSR count). The first-order chi connectivity index (χ1) is 14.4. The van der Waals surface area contributed by atoms with Crippen LogP contribution in [0.15, 0.2) is 41.3 Å². The first-order valence-electron chi connectivity index (χ1n) is 10.2. The van der Waals surface area contributed by atoms with E-state index < -0.39 is 10.6 Å². The maximum atomic E-state index is 13.4. The van der Waals surface area contributed by atoms with Gasteiger partial charge >= 0.3 is 0 Å². The maximum absolute atomic E-state index is 13.4. The first-order valence-corrected chi connectivity index (χ1v) is 12.0. The Morgan fingerprint density at radius 1 is 1.27 bits per heavy atom. The average Bonchev–Trinajstić information content (AvgIpc) is 3.36. The van der Waals surface area contributed by atoms with Crippen molar-refractivity contribution in [3.8, 4) is 5.75 Å². The van der Waals surface area contributed by atoms with Gasteiger partial charge in [-0.3, -0.25) is 4.79 Å². The molecule has 2 aliphatic rings. The molecule has 1 amide bonds. The van der Waals surface area contributed by atoms with Gasteiger partial charge in [-0.25, -0.2) is 4.39 Å². The van der Waals surface area contributed by atoms with E-state index >= 15 is 0 Å². The van der Waals surface area contributed by atoms with Crippen molar-refractivity contribution in [2.24, 2.45) is 0 Å². The summed E-state index contributed by atoms with van der Waals surface area (Å²) in [5, 5.41) is 2.78. The maximum Gasteiger partial charge on any atom is 0.242 e. The number of alkyl halides is 1. The monoisotopic (exact) mass is 468 g/mol. The van der Waals surface area contributed by atoms with E-state index in [1.807, 2.05) is 6.07 Å². The fourth-order valence-electron chi connectivity index (χ4n) is 4.33. The zero-order chi connectivity index (χ0) is 21.3. The summed E-state index contributed by atoms with van der Waals surface area (Å²) in [6.45, 7) is 2.52. The van der Waals surface area contributed by atoms with Crippen LogP contribution < -0.4 is 10.1 Å². The van der Waals surface area contributed by atoms with Crippen LogP contribution in [0.1, 0.15) is 43.7 Å². The number of nitrogens with one attached hydrogen (secondary N) is 1. The summed E-state index contributed by atoms with van der Waals surface area (Å²) in [6, 6.07) is 10.6. The van der Waals surface area contributed by atoms with Gasteiger partial charge in [0.15, 0.2) is 11.6 Å². The molecule has 0 saturated heterocycles. The molecule has 2 unspecified atom stereocenters. The second-order valence-corrected chi connectivity index (χ2v) is 10.3. The molecule has 0 spiro atoms. The lowest BCUT2D eigenvalue weighted by atomic mass is 9.86. The van der Waals surface area contributed by atoms with Gasteiger partial charge in [0, 0.05) is 12.5 Å². The molecule has 7 heteroatoms. The molecule has 1 fully saturated rings. The third kappa shape index (κ3) is 4.44. The van der Waals surface area contributed by atoms with Crippen molar-refractivity contribution in [3.63, 3.8) is 0 Å². The Balaban J connectivity index is 1.58. The first kappa shape index (κ1) is 21.8. The SMILES string of the molecule is CC(Cl)C(Sc1ccc(F)cc1[ClH+])C(=O)NC1(c2ccc3c(c2)CCO3)CCCC1. The van der Waals surface area contributed by atoms with E-state index in [4.69, 9.17) is 27.9 Å². The molecule has 160 valence electrons. The molecule has 2 aromatic rings. The Bertz CT molecular complexity index is 947. The van der Waals surface area contributed by atoms with Crippen molar-refractivity contribution in [1.82, 2.24) is 5.32 Å². The van der Waals surface area contributed by atoms with E-state index in [9.17, 15) is 9.18 Å². The zero-order valence-electron chi connectivity index (χ0n) is 16.8. The molecule has 1 aliphatic heterocycles. The molecule has 0 bridgehead atoms. The van der Waals surface area contributed by atoms with Crippen LogP contribution in [0, 0.1) is 17.4 Å². The molecule has 1 heterocycles. The minimum absolute atomic E-state index is 0.111. The van der Waals surface area contributed by atoms with Crippen LogP contribution in [0.3, 0.4) is 0 Å². The second-order valence-electron chi connectivity index (χ2n) is 8.01. The summed E-state index contributed by atoms with van der Waals surface area (Å²) in [4.78, 5) is 14.1. The Morgan fingerprint density at radius 2 is 2.03 bits per heavy atom. The molecule has 30 heavy (non-hydrogen) atoms. The fourth-order valence-corrected chi connectivity index (χ4v) is 5.87. The lowest BCUT2D eigenvalue weighted by molar-refractivity contribution is -0.293. The lowest BCUT2D eigenvalue weighted by Crippen LogP contribution is -2.49. The Hall–Kier alpha value is -1.43. The molecule has 3 nitrogen and oxygen atoms in total. The summed E-state index contributed by atoms with van der Waals surface area (Å²) in [5.74, 6) is 0.449. The van der Waals surface area contributed by atoms with Crippen LogP contribution >= 0.6 is 23.4 Å². The zero-order valence-corrected chi connectivity index (χ0v) is 19.1. The molecule has 1 N–H and O–H groups in total. The number of fused-ring (bicyclic) bond motifs is 1. The Kier molecular flexibility index (Phi) is 6.52. The molecule has 1 aliphatic carbocycles. The number of amides is 1. The summed E-state index contributed by atoms with van der Waals surface area (Å²) < 4.78 is 19.1. The van der Waals surface area contributed by atoms with E-state index in [1.165, 1.54) is 29.5 Å². The van der Waals surface area contributed by atoms with E-state index in [0.29, 0.717) is 16.5 Å². The molecular weight excluding hydrogens is 444 g/mol. The van der Waals surface area contributed by atoms with E-state index in [-0.39, 0.29) is 17.3 Å². The van der Waals surface area contributed by atoms with Gasteiger partial charge in [-0.2, -0.15) is 0 Å². The van der Waals surface area contributed by atoms with Crippen molar-refractivity contribution in [2.75, 3.05) is 6.61 Å². The van der Waals surface area contributed by atoms with E-state index in [2.05, 4.69) is 17.4 Å². The summed E-state index contributed by atoms with van der Waals surface area (Å²) in [6.07, 6.45) is 4.83. The number of carbonyl (C=O) groups excluding carboxylic acids is 1. The van der Waals surface area contributed by atoms with Crippen LogP contribution in [0.5, 0.6) is 5.75 Å². The molecule has 0 radical (unpaired) electrons. The van der Waals surface area contributed by atoms with Crippen LogP contribution in [-0.4, -0.2) is 23.1 Å². The van der Waals surface area contributed by atoms with Gasteiger partial charge in [-0.1, -0.05) is 18.9 Å². The highest BCUT2D eigenvalue weighted by atomic mass is 35.5. The number of thioether (sulfide) groups is 1. The van der Waals surface area contributed by atoms with Gasteiger partial charge in [-0.05, 0) is 55.2 Å². The van der Waals surface area contributed by atoms with E-state index in [1.54, 1.807) is 13.0 Å². The number of ether oxygens (including phenoxy) is 1. The summed E-state index contributed by atoms with van der Waals surface area (Å²) >= 11 is 13.0. The van der Waals surface area contributed by atoms with Gasteiger partial charge in [0.05, 0.1) is 22.4 Å². The number of halogens is 3. The topological polar surface area (TPSA) is 38.3 Å². The molecular formula is C23H25Cl2FNO2S+. The van der Waals surface area contributed by atoms with Gasteiger partial charge in [-0.15, -0.1) is 23.4 Å². The third-order valence-electron chi connectivity index (χ3n) is 5.90. The molecule has 1 saturated carbocycles. The number of hydrogen-bond donors (Lipinski definition) is 1. The highest BCUT2D eigenvalue weighted by Crippen LogP contribution is 2.42. The number of carbonyl (C=O) groups is 1. The van der Waals surface area contributed by atoms with Crippen molar-refractivity contribution >= 4 is 29.3 Å². The number of benzene rings is 2. The van der Waals surface area contributed by atoms with Crippen molar-refractivity contribution in [1.29, 1.82) is 0 Å².